The minimum absolute atomic E-state index is 0.117. The topological polar surface area (TPSA) is 55.1 Å². The molecule has 0 unspecified atom stereocenters. The summed E-state index contributed by atoms with van der Waals surface area (Å²) in [5.41, 5.74) is 6.75. The average molecular weight is 386 g/mol. The summed E-state index contributed by atoms with van der Waals surface area (Å²) in [5.74, 6) is 2.12. The lowest BCUT2D eigenvalue weighted by molar-refractivity contribution is 0.590. The zero-order chi connectivity index (χ0) is 20.8. The van der Waals surface area contributed by atoms with E-state index in [1.54, 1.807) is 4.52 Å². The maximum Gasteiger partial charge on any atom is 0.254 e. The number of rotatable bonds is 3. The highest BCUT2D eigenvalue weighted by atomic mass is 15.4. The number of aryl methyl sites for hydroxylation is 3. The Hall–Kier alpha value is -3.21. The Labute approximate surface area is 171 Å². The van der Waals surface area contributed by atoms with Crippen molar-refractivity contribution in [1.82, 2.24) is 19.6 Å². The fourth-order valence-corrected chi connectivity index (χ4v) is 3.46. The largest absolute Gasteiger partial charge is 0.340 e. The molecule has 0 spiro atoms. The molecule has 4 rings (SSSR count). The number of nitrogens with zero attached hydrogens (tertiary/aromatic N) is 4. The summed E-state index contributed by atoms with van der Waals surface area (Å²) >= 11 is 0. The van der Waals surface area contributed by atoms with Crippen molar-refractivity contribution in [3.63, 3.8) is 0 Å². The Balaban J connectivity index is 1.77. The van der Waals surface area contributed by atoms with E-state index in [0.717, 1.165) is 22.8 Å². The average Bonchev–Trinajstić information content (AvgIpc) is 3.08. The molecule has 0 saturated heterocycles. The van der Waals surface area contributed by atoms with Crippen LogP contribution < -0.4 is 5.32 Å². The molecule has 2 aromatic carbocycles. The van der Waals surface area contributed by atoms with Crippen molar-refractivity contribution >= 4 is 17.3 Å². The lowest BCUT2D eigenvalue weighted by Gasteiger charge is -2.18. The van der Waals surface area contributed by atoms with Gasteiger partial charge in [0.2, 0.25) is 0 Å². The summed E-state index contributed by atoms with van der Waals surface area (Å²) in [5, 5.41) is 8.29. The summed E-state index contributed by atoms with van der Waals surface area (Å²) < 4.78 is 1.78. The van der Waals surface area contributed by atoms with Gasteiger partial charge in [-0.2, -0.15) is 9.50 Å². The number of nitrogens with one attached hydrogen (secondary N) is 1. The number of hydrogen-bond acceptors (Lipinski definition) is 4. The molecule has 4 aromatic rings. The van der Waals surface area contributed by atoms with Crippen LogP contribution in [0.4, 0.5) is 11.5 Å². The van der Waals surface area contributed by atoms with Crippen molar-refractivity contribution in [1.29, 1.82) is 0 Å². The smallest absolute Gasteiger partial charge is 0.254 e. The molecule has 148 valence electrons. The van der Waals surface area contributed by atoms with Gasteiger partial charge < -0.3 is 5.32 Å². The fourth-order valence-electron chi connectivity index (χ4n) is 3.46. The Morgan fingerprint density at radius 2 is 1.52 bits per heavy atom. The van der Waals surface area contributed by atoms with Gasteiger partial charge >= 0.3 is 0 Å². The van der Waals surface area contributed by atoms with Crippen LogP contribution in [0.2, 0.25) is 0 Å². The molecule has 0 aliphatic rings. The molecule has 5 nitrogen and oxygen atoms in total. The first-order chi connectivity index (χ1) is 13.7. The lowest BCUT2D eigenvalue weighted by atomic mass is 9.87. The van der Waals surface area contributed by atoms with E-state index >= 15 is 0 Å². The van der Waals surface area contributed by atoms with Crippen LogP contribution in [-0.2, 0) is 5.41 Å². The second-order valence-electron chi connectivity index (χ2n) is 8.65. The zero-order valence-corrected chi connectivity index (χ0v) is 17.9. The third-order valence-corrected chi connectivity index (χ3v) is 5.18. The molecule has 0 radical (unpaired) electrons. The van der Waals surface area contributed by atoms with E-state index in [-0.39, 0.29) is 5.41 Å². The van der Waals surface area contributed by atoms with Crippen molar-refractivity contribution in [2.75, 3.05) is 5.32 Å². The van der Waals surface area contributed by atoms with Crippen molar-refractivity contribution in [3.05, 3.63) is 70.9 Å². The monoisotopic (exact) mass is 385 g/mol. The van der Waals surface area contributed by atoms with Gasteiger partial charge in [0.15, 0.2) is 5.82 Å². The summed E-state index contributed by atoms with van der Waals surface area (Å²) in [6.07, 6.45) is 0. The van der Waals surface area contributed by atoms with Gasteiger partial charge in [0.1, 0.15) is 5.82 Å². The molecule has 0 aliphatic heterocycles. The van der Waals surface area contributed by atoms with Crippen LogP contribution >= 0.6 is 0 Å². The van der Waals surface area contributed by atoms with Crippen molar-refractivity contribution < 1.29 is 0 Å². The maximum atomic E-state index is 4.75. The first-order valence-electron chi connectivity index (χ1n) is 9.91. The molecule has 0 saturated carbocycles. The fraction of sp³-hybridized carbons (Fsp3) is 0.292. The summed E-state index contributed by atoms with van der Waals surface area (Å²) in [4.78, 5) is 9.26. The van der Waals surface area contributed by atoms with Gasteiger partial charge in [-0.25, -0.2) is 4.98 Å². The number of hydrogen-bond donors (Lipinski definition) is 1. The summed E-state index contributed by atoms with van der Waals surface area (Å²) in [6.45, 7) is 12.8. The van der Waals surface area contributed by atoms with Crippen LogP contribution in [0.5, 0.6) is 0 Å². The predicted molar refractivity (Wildman–Crippen MR) is 119 cm³/mol. The highest BCUT2D eigenvalue weighted by Crippen LogP contribution is 2.27. The van der Waals surface area contributed by atoms with Crippen LogP contribution in [0, 0.1) is 20.8 Å². The van der Waals surface area contributed by atoms with Crippen LogP contribution in [0.1, 0.15) is 43.2 Å². The third kappa shape index (κ3) is 3.73. The molecule has 0 fully saturated rings. The van der Waals surface area contributed by atoms with E-state index in [1.165, 1.54) is 16.7 Å². The van der Waals surface area contributed by atoms with Crippen molar-refractivity contribution in [2.45, 2.75) is 47.0 Å². The van der Waals surface area contributed by atoms with Gasteiger partial charge in [-0.1, -0.05) is 63.2 Å². The minimum Gasteiger partial charge on any atom is -0.340 e. The van der Waals surface area contributed by atoms with E-state index < -0.39 is 0 Å². The second-order valence-corrected chi connectivity index (χ2v) is 8.65. The van der Waals surface area contributed by atoms with E-state index in [2.05, 4.69) is 92.4 Å². The number of benzene rings is 2. The van der Waals surface area contributed by atoms with Crippen molar-refractivity contribution in [2.24, 2.45) is 0 Å². The molecule has 0 aliphatic carbocycles. The highest BCUT2D eigenvalue weighted by molar-refractivity contribution is 5.67. The van der Waals surface area contributed by atoms with Gasteiger partial charge in [0.25, 0.3) is 5.78 Å². The molecule has 5 heteroatoms. The number of para-hydroxylation sites is 1. The van der Waals surface area contributed by atoms with Gasteiger partial charge in [-0.3, -0.25) is 0 Å². The summed E-state index contributed by atoms with van der Waals surface area (Å²) in [6, 6.07) is 16.7. The first-order valence-corrected chi connectivity index (χ1v) is 9.91. The molecule has 0 bridgehead atoms. The van der Waals surface area contributed by atoms with Gasteiger partial charge in [-0.05, 0) is 42.9 Å². The normalized spacial score (nSPS) is 11.8. The minimum atomic E-state index is 0.117. The Morgan fingerprint density at radius 3 is 2.14 bits per heavy atom. The van der Waals surface area contributed by atoms with E-state index in [0.29, 0.717) is 11.6 Å². The summed E-state index contributed by atoms with van der Waals surface area (Å²) in [7, 11) is 0. The Bertz CT molecular complexity index is 1160. The zero-order valence-electron chi connectivity index (χ0n) is 17.9. The van der Waals surface area contributed by atoms with Gasteiger partial charge in [-0.15, -0.1) is 5.10 Å². The third-order valence-electron chi connectivity index (χ3n) is 5.18. The first kappa shape index (κ1) is 19.1. The van der Waals surface area contributed by atoms with Crippen LogP contribution in [0.3, 0.4) is 0 Å². The van der Waals surface area contributed by atoms with E-state index in [9.17, 15) is 0 Å². The van der Waals surface area contributed by atoms with Crippen LogP contribution in [0.15, 0.2) is 48.5 Å². The van der Waals surface area contributed by atoms with Crippen LogP contribution in [0.25, 0.3) is 17.2 Å². The second kappa shape index (κ2) is 6.99. The molecular formula is C24H27N5. The Kier molecular flexibility index (Phi) is 4.61. The molecule has 0 amide bonds. The Morgan fingerprint density at radius 1 is 0.862 bits per heavy atom. The highest BCUT2D eigenvalue weighted by Gasteiger charge is 2.16. The quantitative estimate of drug-likeness (QED) is 0.487. The molecule has 2 heterocycles. The van der Waals surface area contributed by atoms with Crippen molar-refractivity contribution in [3.8, 4) is 11.4 Å². The lowest BCUT2D eigenvalue weighted by Crippen LogP contribution is -2.10. The van der Waals surface area contributed by atoms with Gasteiger partial charge in [0, 0.05) is 23.0 Å². The molecule has 0 atom stereocenters. The van der Waals surface area contributed by atoms with E-state index in [4.69, 9.17) is 5.10 Å². The predicted octanol–water partition coefficient (Wildman–Crippen LogP) is 5.76. The van der Waals surface area contributed by atoms with E-state index in [1.807, 2.05) is 13.0 Å². The molecule has 2 aromatic heterocycles. The SMILES string of the molecule is Cc1cc(Nc2c(C)cccc2C)n2nc(-c3ccc(C(C)(C)C)cc3)nc2n1. The number of aromatic nitrogens is 4. The van der Waals surface area contributed by atoms with Crippen LogP contribution in [-0.4, -0.2) is 19.6 Å². The number of anilines is 2. The standard InChI is InChI=1S/C24H27N5/c1-15-8-7-9-16(2)21(15)26-20-14-17(3)25-23-27-22(28-29(20)23)18-10-12-19(13-11-18)24(4,5)6/h7-14,26H,1-6H3. The molecule has 1 N–H and O–H groups in total. The number of fused-ring (bicyclic) bond motifs is 1. The maximum absolute atomic E-state index is 4.75. The van der Waals surface area contributed by atoms with Gasteiger partial charge in [0.05, 0.1) is 0 Å². The molecule has 29 heavy (non-hydrogen) atoms. The molecular weight excluding hydrogens is 358 g/mol.